The molecule has 0 unspecified atom stereocenters. The third-order valence-electron chi connectivity index (χ3n) is 2.26. The second-order valence-corrected chi connectivity index (χ2v) is 4.31. The molecule has 0 bridgehead atoms. The topological polar surface area (TPSA) is 59.2 Å². The number of primary amides is 1. The molecule has 0 aliphatic heterocycles. The van der Waals surface area contributed by atoms with Crippen molar-refractivity contribution in [1.82, 2.24) is 4.98 Å². The van der Waals surface area contributed by atoms with E-state index in [4.69, 9.17) is 28.9 Å². The van der Waals surface area contributed by atoms with Gasteiger partial charge in [-0.3, -0.25) is 4.90 Å². The number of benzene rings is 1. The van der Waals surface area contributed by atoms with Gasteiger partial charge in [-0.1, -0.05) is 29.3 Å². The summed E-state index contributed by atoms with van der Waals surface area (Å²) in [5.74, 6) is 0. The first-order valence-electron chi connectivity index (χ1n) is 5.04. The van der Waals surface area contributed by atoms with E-state index >= 15 is 0 Å². The molecule has 1 aromatic carbocycles. The predicted molar refractivity (Wildman–Crippen MR) is 72.4 cm³/mol. The molecule has 0 spiro atoms. The van der Waals surface area contributed by atoms with Crippen LogP contribution in [0.15, 0.2) is 42.6 Å². The van der Waals surface area contributed by atoms with Gasteiger partial charge in [-0.2, -0.15) is 0 Å². The molecule has 0 atom stereocenters. The van der Waals surface area contributed by atoms with Crippen LogP contribution in [0.5, 0.6) is 0 Å². The normalized spacial score (nSPS) is 10.1. The van der Waals surface area contributed by atoms with E-state index in [2.05, 4.69) is 4.98 Å². The van der Waals surface area contributed by atoms with E-state index in [1.54, 1.807) is 36.4 Å². The van der Waals surface area contributed by atoms with Crippen molar-refractivity contribution in [3.8, 4) is 0 Å². The number of nitrogens with two attached hydrogens (primary N) is 1. The largest absolute Gasteiger partial charge is 0.351 e. The van der Waals surface area contributed by atoms with Crippen LogP contribution in [0, 0.1) is 0 Å². The summed E-state index contributed by atoms with van der Waals surface area (Å²) in [6, 6.07) is 9.37. The summed E-state index contributed by atoms with van der Waals surface area (Å²) in [5, 5.41) is 0.791. The Balaban J connectivity index is 2.50. The van der Waals surface area contributed by atoms with Crippen LogP contribution < -0.4 is 10.6 Å². The molecule has 1 aromatic heterocycles. The average Bonchev–Trinajstić information content (AvgIpc) is 2.28. The number of carbonyl (C=O) groups excluding carboxylic acids is 1. The van der Waals surface area contributed by atoms with Gasteiger partial charge in [-0.15, -0.1) is 0 Å². The highest BCUT2D eigenvalue weighted by atomic mass is 35.5. The van der Waals surface area contributed by atoms with Crippen LogP contribution in [0.25, 0.3) is 0 Å². The highest BCUT2D eigenvalue weighted by Gasteiger charge is 2.15. The van der Waals surface area contributed by atoms with Crippen LogP contribution >= 0.6 is 23.2 Å². The van der Waals surface area contributed by atoms with Crippen LogP contribution in [-0.2, 0) is 0 Å². The van der Waals surface area contributed by atoms with Crippen LogP contribution in [0.1, 0.15) is 0 Å². The van der Waals surface area contributed by atoms with Gasteiger partial charge in [0.25, 0.3) is 0 Å². The molecule has 0 radical (unpaired) electrons. The highest BCUT2D eigenvalue weighted by molar-refractivity contribution is 6.31. The molecule has 2 rings (SSSR count). The summed E-state index contributed by atoms with van der Waals surface area (Å²) in [4.78, 5) is 16.7. The summed E-state index contributed by atoms with van der Waals surface area (Å²) >= 11 is 11.7. The Hall–Kier alpha value is -1.78. The number of amides is 2. The minimum Gasteiger partial charge on any atom is -0.351 e. The maximum absolute atomic E-state index is 11.6. The fraction of sp³-hybridized carbons (Fsp3) is 0. The first-order chi connectivity index (χ1) is 8.58. The van der Waals surface area contributed by atoms with Crippen molar-refractivity contribution in [3.05, 3.63) is 52.8 Å². The van der Waals surface area contributed by atoms with Crippen LogP contribution in [0.4, 0.5) is 16.2 Å². The first-order valence-corrected chi connectivity index (χ1v) is 5.80. The number of carbonyl (C=O) groups is 1. The van der Waals surface area contributed by atoms with Gasteiger partial charge in [0.05, 0.1) is 11.4 Å². The second-order valence-electron chi connectivity index (χ2n) is 3.49. The number of urea groups is 1. The summed E-state index contributed by atoms with van der Waals surface area (Å²) < 4.78 is 0. The van der Waals surface area contributed by atoms with Gasteiger partial charge in [0.15, 0.2) is 0 Å². The number of pyridine rings is 1. The fourth-order valence-corrected chi connectivity index (χ4v) is 1.90. The smallest absolute Gasteiger partial charge is 0.323 e. The second kappa shape index (κ2) is 5.25. The van der Waals surface area contributed by atoms with Crippen LogP contribution in [0.3, 0.4) is 0 Å². The van der Waals surface area contributed by atoms with Crippen molar-refractivity contribution in [1.29, 1.82) is 0 Å². The predicted octanol–water partition coefficient (Wildman–Crippen LogP) is 3.61. The molecule has 92 valence electrons. The number of hydrogen-bond acceptors (Lipinski definition) is 2. The molecule has 0 saturated carbocycles. The van der Waals surface area contributed by atoms with Crippen molar-refractivity contribution < 1.29 is 4.79 Å². The van der Waals surface area contributed by atoms with Gasteiger partial charge in [-0.05, 0) is 30.3 Å². The molecular formula is C12H9Cl2N3O. The average molecular weight is 282 g/mol. The van der Waals surface area contributed by atoms with Crippen molar-refractivity contribution in [2.24, 2.45) is 5.73 Å². The van der Waals surface area contributed by atoms with E-state index in [0.29, 0.717) is 16.4 Å². The summed E-state index contributed by atoms with van der Waals surface area (Å²) in [6.07, 6.45) is 1.50. The Morgan fingerprint density at radius 2 is 1.89 bits per heavy atom. The zero-order valence-electron chi connectivity index (χ0n) is 9.18. The fourth-order valence-electron chi connectivity index (χ4n) is 1.55. The zero-order valence-corrected chi connectivity index (χ0v) is 10.7. The maximum atomic E-state index is 11.6. The monoisotopic (exact) mass is 281 g/mol. The van der Waals surface area contributed by atoms with E-state index in [1.807, 2.05) is 0 Å². The first kappa shape index (κ1) is 12.7. The number of nitrogens with zero attached hydrogens (tertiary/aromatic N) is 2. The quantitative estimate of drug-likeness (QED) is 0.855. The van der Waals surface area contributed by atoms with Crippen molar-refractivity contribution >= 4 is 40.6 Å². The third kappa shape index (κ3) is 2.72. The van der Waals surface area contributed by atoms with Gasteiger partial charge in [0.1, 0.15) is 5.15 Å². The molecule has 1 heterocycles. The Morgan fingerprint density at radius 1 is 1.17 bits per heavy atom. The SMILES string of the molecule is NC(=O)N(c1cccc(Cl)c1)c1ccnc(Cl)c1. The van der Waals surface area contributed by atoms with Gasteiger partial charge in [0, 0.05) is 11.2 Å². The number of halogens is 2. The lowest BCUT2D eigenvalue weighted by Gasteiger charge is -2.20. The molecule has 0 aliphatic carbocycles. The molecule has 18 heavy (non-hydrogen) atoms. The summed E-state index contributed by atoms with van der Waals surface area (Å²) in [5.41, 5.74) is 6.48. The zero-order chi connectivity index (χ0) is 13.1. The number of hydrogen-bond donors (Lipinski definition) is 1. The van der Waals surface area contributed by atoms with E-state index in [-0.39, 0.29) is 5.15 Å². The molecule has 0 aliphatic rings. The van der Waals surface area contributed by atoms with Gasteiger partial charge < -0.3 is 5.73 Å². The van der Waals surface area contributed by atoms with Crippen LogP contribution in [0.2, 0.25) is 10.2 Å². The van der Waals surface area contributed by atoms with Crippen molar-refractivity contribution in [2.45, 2.75) is 0 Å². The Labute approximate surface area is 114 Å². The number of rotatable bonds is 2. The van der Waals surface area contributed by atoms with Crippen molar-refractivity contribution in [2.75, 3.05) is 4.90 Å². The molecule has 2 aromatic rings. The molecule has 4 nitrogen and oxygen atoms in total. The molecule has 6 heteroatoms. The standard InChI is InChI=1S/C12H9Cl2N3O/c13-8-2-1-3-9(6-8)17(12(15)18)10-4-5-16-11(14)7-10/h1-7H,(H2,15,18). The van der Waals surface area contributed by atoms with E-state index in [9.17, 15) is 4.79 Å². The minimum atomic E-state index is -0.625. The third-order valence-corrected chi connectivity index (χ3v) is 2.70. The van der Waals surface area contributed by atoms with E-state index < -0.39 is 6.03 Å². The Bertz CT molecular complexity index is 544. The van der Waals surface area contributed by atoms with Crippen LogP contribution in [-0.4, -0.2) is 11.0 Å². The van der Waals surface area contributed by atoms with Gasteiger partial charge >= 0.3 is 6.03 Å². The minimum absolute atomic E-state index is 0.278. The number of aromatic nitrogens is 1. The Kier molecular flexibility index (Phi) is 3.69. The Morgan fingerprint density at radius 3 is 2.50 bits per heavy atom. The maximum Gasteiger partial charge on any atom is 0.323 e. The number of anilines is 2. The lowest BCUT2D eigenvalue weighted by molar-refractivity contribution is 0.256. The lowest BCUT2D eigenvalue weighted by Crippen LogP contribution is -2.31. The molecule has 0 saturated heterocycles. The van der Waals surface area contributed by atoms with E-state index in [1.165, 1.54) is 11.1 Å². The highest BCUT2D eigenvalue weighted by Crippen LogP contribution is 2.28. The molecule has 0 fully saturated rings. The molecular weight excluding hydrogens is 273 g/mol. The molecule has 2 N–H and O–H groups in total. The van der Waals surface area contributed by atoms with Gasteiger partial charge in [-0.25, -0.2) is 9.78 Å². The lowest BCUT2D eigenvalue weighted by atomic mass is 10.2. The summed E-state index contributed by atoms with van der Waals surface area (Å²) in [6.45, 7) is 0. The van der Waals surface area contributed by atoms with E-state index in [0.717, 1.165) is 0 Å². The van der Waals surface area contributed by atoms with Gasteiger partial charge in [0.2, 0.25) is 0 Å². The molecule has 2 amide bonds. The summed E-state index contributed by atoms with van der Waals surface area (Å²) in [7, 11) is 0. The van der Waals surface area contributed by atoms with Crippen molar-refractivity contribution in [3.63, 3.8) is 0 Å².